The number of aromatic nitrogens is 4. The number of anilines is 2. The lowest BCUT2D eigenvalue weighted by Crippen LogP contribution is -2.37. The zero-order chi connectivity index (χ0) is 22.2. The molecule has 3 aromatic heterocycles. The third-order valence-electron chi connectivity index (χ3n) is 5.34. The van der Waals surface area contributed by atoms with Crippen molar-refractivity contribution in [3.05, 3.63) is 75.4 Å². The Labute approximate surface area is 186 Å². The van der Waals surface area contributed by atoms with E-state index in [-0.39, 0.29) is 23.7 Å². The van der Waals surface area contributed by atoms with Gasteiger partial charge in [-0.15, -0.1) is 0 Å². The van der Waals surface area contributed by atoms with E-state index in [0.29, 0.717) is 29.5 Å². The van der Waals surface area contributed by atoms with Gasteiger partial charge in [-0.1, -0.05) is 23.5 Å². The first kappa shape index (κ1) is 19.9. The molecule has 32 heavy (non-hydrogen) atoms. The highest BCUT2D eigenvalue weighted by molar-refractivity contribution is 7.21. The number of carbonyl (C=O) groups is 1. The van der Waals surface area contributed by atoms with E-state index in [1.165, 1.54) is 23.7 Å². The van der Waals surface area contributed by atoms with Gasteiger partial charge in [-0.3, -0.25) is 14.9 Å². The second kappa shape index (κ2) is 7.93. The van der Waals surface area contributed by atoms with E-state index in [9.17, 15) is 14.9 Å². The Morgan fingerprint density at radius 2 is 2.09 bits per heavy atom. The van der Waals surface area contributed by atoms with Gasteiger partial charge >= 0.3 is 0 Å². The number of carbonyl (C=O) groups excluding carboxylic acids is 1. The number of amides is 1. The first-order chi connectivity index (χ1) is 15.5. The van der Waals surface area contributed by atoms with Crippen LogP contribution in [0.15, 0.2) is 42.9 Å². The van der Waals surface area contributed by atoms with E-state index in [1.807, 2.05) is 12.1 Å². The molecule has 0 atom stereocenters. The molecule has 0 saturated heterocycles. The average molecular weight is 447 g/mol. The van der Waals surface area contributed by atoms with Crippen molar-refractivity contribution in [2.45, 2.75) is 19.9 Å². The molecule has 0 spiro atoms. The molecule has 1 amide bonds. The third kappa shape index (κ3) is 3.52. The highest BCUT2D eigenvalue weighted by Crippen LogP contribution is 2.31. The van der Waals surface area contributed by atoms with Crippen LogP contribution in [0.2, 0.25) is 0 Å². The minimum atomic E-state index is -0.518. The molecule has 0 saturated carbocycles. The number of aryl methyl sites for hydroxylation is 1. The van der Waals surface area contributed by atoms with Crippen molar-refractivity contribution in [2.75, 3.05) is 11.9 Å². The number of pyridine rings is 1. The molecular weight excluding hydrogens is 430 g/mol. The predicted molar refractivity (Wildman–Crippen MR) is 119 cm³/mol. The van der Waals surface area contributed by atoms with Crippen LogP contribution in [0.5, 0.6) is 0 Å². The molecule has 0 unspecified atom stereocenters. The van der Waals surface area contributed by atoms with Gasteiger partial charge in [-0.25, -0.2) is 19.9 Å². The van der Waals surface area contributed by atoms with Crippen molar-refractivity contribution >= 4 is 44.2 Å². The van der Waals surface area contributed by atoms with Crippen molar-refractivity contribution < 1.29 is 9.72 Å². The van der Waals surface area contributed by atoms with E-state index in [1.54, 1.807) is 30.2 Å². The van der Waals surface area contributed by atoms with Crippen LogP contribution >= 0.6 is 11.3 Å². The van der Waals surface area contributed by atoms with Crippen LogP contribution in [-0.2, 0) is 13.0 Å². The quantitative estimate of drug-likeness (QED) is 0.371. The zero-order valence-electron chi connectivity index (χ0n) is 17.0. The maximum atomic E-state index is 13.3. The summed E-state index contributed by atoms with van der Waals surface area (Å²) in [4.78, 5) is 44.2. The summed E-state index contributed by atoms with van der Waals surface area (Å²) in [5.74, 6) is 0.185. The fourth-order valence-corrected chi connectivity index (χ4v) is 4.59. The van der Waals surface area contributed by atoms with Crippen molar-refractivity contribution in [2.24, 2.45) is 0 Å². The number of nitro groups is 1. The number of nitro benzene ring substituents is 1. The largest absolute Gasteiger partial charge is 0.333 e. The standard InChI is InChI=1S/C21H17N7O3S/c1-12-4-2-6-16(28(30)31)17(12)20(29)27-9-7-14-13(10-27)18(24-11-23-14)26-21-25-15-5-3-8-22-19(15)32-21/h2-6,8,11H,7,9-10H2,1H3,(H,23,24,25,26). The molecule has 0 bridgehead atoms. The van der Waals surface area contributed by atoms with Crippen LogP contribution in [0.25, 0.3) is 10.3 Å². The van der Waals surface area contributed by atoms with Crippen LogP contribution < -0.4 is 5.32 Å². The summed E-state index contributed by atoms with van der Waals surface area (Å²) in [6.07, 6.45) is 3.72. The lowest BCUT2D eigenvalue weighted by atomic mass is 10.0. The molecule has 0 fully saturated rings. The van der Waals surface area contributed by atoms with Crippen molar-refractivity contribution in [3.63, 3.8) is 0 Å². The van der Waals surface area contributed by atoms with Gasteiger partial charge in [-0.2, -0.15) is 0 Å². The van der Waals surface area contributed by atoms with Gasteiger partial charge in [0.15, 0.2) is 5.13 Å². The molecule has 1 aromatic carbocycles. The molecule has 4 aromatic rings. The Balaban J connectivity index is 1.46. The Kier molecular flexibility index (Phi) is 4.94. The fourth-order valence-electron chi connectivity index (χ4n) is 3.79. The summed E-state index contributed by atoms with van der Waals surface area (Å²) in [5, 5.41) is 15.4. The minimum absolute atomic E-state index is 0.115. The van der Waals surface area contributed by atoms with Gasteiger partial charge in [0.1, 0.15) is 28.1 Å². The monoisotopic (exact) mass is 447 g/mol. The molecular formula is C21H17N7O3S. The molecule has 1 N–H and O–H groups in total. The van der Waals surface area contributed by atoms with Crippen molar-refractivity contribution in [1.82, 2.24) is 24.8 Å². The Hall–Kier alpha value is -3.99. The number of hydrogen-bond acceptors (Lipinski definition) is 9. The summed E-state index contributed by atoms with van der Waals surface area (Å²) in [5.41, 5.74) is 2.89. The molecule has 160 valence electrons. The molecule has 4 heterocycles. The molecule has 1 aliphatic heterocycles. The van der Waals surface area contributed by atoms with Gasteiger partial charge in [0, 0.05) is 30.8 Å². The summed E-state index contributed by atoms with van der Waals surface area (Å²) in [7, 11) is 0. The normalized spacial score (nSPS) is 13.1. The van der Waals surface area contributed by atoms with Gasteiger partial charge in [0.2, 0.25) is 0 Å². The van der Waals surface area contributed by atoms with Crippen LogP contribution in [0.4, 0.5) is 16.6 Å². The van der Waals surface area contributed by atoms with Gasteiger partial charge < -0.3 is 10.2 Å². The number of nitrogens with one attached hydrogen (secondary N) is 1. The Morgan fingerprint density at radius 3 is 2.91 bits per heavy atom. The SMILES string of the molecule is Cc1cccc([N+](=O)[O-])c1C(=O)N1CCc2ncnc(Nc3nc4cccnc4s3)c2C1. The predicted octanol–water partition coefficient (Wildman–Crippen LogP) is 3.64. The molecule has 1 aliphatic rings. The number of fused-ring (bicyclic) bond motifs is 2. The summed E-state index contributed by atoms with van der Waals surface area (Å²) in [6, 6.07) is 8.35. The van der Waals surface area contributed by atoms with E-state index in [2.05, 4.69) is 25.3 Å². The highest BCUT2D eigenvalue weighted by atomic mass is 32.1. The van der Waals surface area contributed by atoms with E-state index in [4.69, 9.17) is 0 Å². The molecule has 10 nitrogen and oxygen atoms in total. The second-order valence-corrected chi connectivity index (χ2v) is 8.30. The van der Waals surface area contributed by atoms with Crippen LogP contribution in [-0.4, -0.2) is 42.2 Å². The van der Waals surface area contributed by atoms with Crippen LogP contribution in [0.3, 0.4) is 0 Å². The second-order valence-electron chi connectivity index (χ2n) is 7.32. The van der Waals surface area contributed by atoms with Crippen LogP contribution in [0.1, 0.15) is 27.2 Å². The maximum absolute atomic E-state index is 13.3. The first-order valence-corrected chi connectivity index (χ1v) is 10.7. The number of benzene rings is 1. The number of hydrogen-bond donors (Lipinski definition) is 1. The smallest absolute Gasteiger partial charge is 0.282 e. The zero-order valence-corrected chi connectivity index (χ0v) is 17.8. The average Bonchev–Trinajstić information content (AvgIpc) is 3.21. The van der Waals surface area contributed by atoms with Crippen molar-refractivity contribution in [3.8, 4) is 0 Å². The summed E-state index contributed by atoms with van der Waals surface area (Å²) < 4.78 is 0. The Bertz CT molecular complexity index is 1340. The van der Waals surface area contributed by atoms with Gasteiger partial charge in [-0.05, 0) is 24.6 Å². The fraction of sp³-hybridized carbons (Fsp3) is 0.190. The summed E-state index contributed by atoms with van der Waals surface area (Å²) in [6.45, 7) is 2.36. The summed E-state index contributed by atoms with van der Waals surface area (Å²) >= 11 is 1.40. The van der Waals surface area contributed by atoms with E-state index >= 15 is 0 Å². The van der Waals surface area contributed by atoms with Crippen LogP contribution in [0, 0.1) is 17.0 Å². The first-order valence-electron chi connectivity index (χ1n) is 9.86. The highest BCUT2D eigenvalue weighted by Gasteiger charge is 2.30. The third-order valence-corrected chi connectivity index (χ3v) is 6.24. The maximum Gasteiger partial charge on any atom is 0.282 e. The number of nitrogens with zero attached hydrogens (tertiary/aromatic N) is 6. The number of rotatable bonds is 4. The Morgan fingerprint density at radius 1 is 1.22 bits per heavy atom. The lowest BCUT2D eigenvalue weighted by Gasteiger charge is -2.29. The van der Waals surface area contributed by atoms with Gasteiger partial charge in [0.05, 0.1) is 17.2 Å². The molecule has 0 aliphatic carbocycles. The molecule has 11 heteroatoms. The van der Waals surface area contributed by atoms with Crippen molar-refractivity contribution in [1.29, 1.82) is 0 Å². The lowest BCUT2D eigenvalue weighted by molar-refractivity contribution is -0.385. The topological polar surface area (TPSA) is 127 Å². The molecule has 5 rings (SSSR count). The minimum Gasteiger partial charge on any atom is -0.333 e. The van der Waals surface area contributed by atoms with Gasteiger partial charge in [0.25, 0.3) is 11.6 Å². The molecule has 0 radical (unpaired) electrons. The number of thiazole rings is 1. The van der Waals surface area contributed by atoms with E-state index in [0.717, 1.165) is 21.6 Å². The van der Waals surface area contributed by atoms with E-state index < -0.39 is 4.92 Å².